The van der Waals surface area contributed by atoms with Gasteiger partial charge in [0.25, 0.3) is 5.91 Å². The third kappa shape index (κ3) is 3.78. The van der Waals surface area contributed by atoms with E-state index in [1.54, 1.807) is 17.2 Å². The van der Waals surface area contributed by atoms with Crippen molar-refractivity contribution in [3.8, 4) is 0 Å². The molecule has 0 saturated heterocycles. The van der Waals surface area contributed by atoms with Crippen molar-refractivity contribution >= 4 is 17.5 Å². The Bertz CT molecular complexity index is 598. The zero-order chi connectivity index (χ0) is 15.2. The van der Waals surface area contributed by atoms with Crippen LogP contribution in [0.4, 0.5) is 11.6 Å². The third-order valence-electron chi connectivity index (χ3n) is 2.92. The minimum atomic E-state index is -0.127. The van der Waals surface area contributed by atoms with Gasteiger partial charge in [0.15, 0.2) is 0 Å². The van der Waals surface area contributed by atoms with Crippen LogP contribution in [0.1, 0.15) is 31.3 Å². The van der Waals surface area contributed by atoms with Crippen LogP contribution in [0.25, 0.3) is 0 Å². The van der Waals surface area contributed by atoms with Crippen LogP contribution in [0.3, 0.4) is 0 Å². The molecule has 0 fully saturated rings. The largest absolute Gasteiger partial charge is 0.352 e. The molecule has 5 heteroatoms. The van der Waals surface area contributed by atoms with Gasteiger partial charge in [0, 0.05) is 24.5 Å². The molecule has 0 aliphatic carbocycles. The van der Waals surface area contributed by atoms with Gasteiger partial charge in [0.1, 0.15) is 5.69 Å². The van der Waals surface area contributed by atoms with Gasteiger partial charge in [-0.15, -0.1) is 0 Å². The Morgan fingerprint density at radius 3 is 2.57 bits per heavy atom. The predicted molar refractivity (Wildman–Crippen MR) is 84.6 cm³/mol. The van der Waals surface area contributed by atoms with E-state index < -0.39 is 0 Å². The predicted octanol–water partition coefficient (Wildman–Crippen LogP) is 2.96. The summed E-state index contributed by atoms with van der Waals surface area (Å²) in [6.45, 7) is 6.53. The van der Waals surface area contributed by atoms with Crippen molar-refractivity contribution in [3.05, 3.63) is 48.3 Å². The van der Waals surface area contributed by atoms with Crippen molar-refractivity contribution < 1.29 is 4.79 Å². The zero-order valence-electron chi connectivity index (χ0n) is 12.6. The van der Waals surface area contributed by atoms with Crippen LogP contribution in [0.5, 0.6) is 0 Å². The Morgan fingerprint density at radius 2 is 1.95 bits per heavy atom. The van der Waals surface area contributed by atoms with E-state index in [4.69, 9.17) is 0 Å². The topological polar surface area (TPSA) is 58.1 Å². The normalized spacial score (nSPS) is 10.5. The van der Waals surface area contributed by atoms with E-state index in [9.17, 15) is 4.79 Å². The van der Waals surface area contributed by atoms with E-state index in [0.717, 1.165) is 5.69 Å². The molecule has 1 heterocycles. The number of aromatic nitrogens is 2. The number of hydrogen-bond acceptors (Lipinski definition) is 4. The van der Waals surface area contributed by atoms with Gasteiger partial charge in [0.05, 0.1) is 0 Å². The summed E-state index contributed by atoms with van der Waals surface area (Å²) in [6.07, 6.45) is 1.60. The lowest BCUT2D eigenvalue weighted by Crippen LogP contribution is -2.31. The molecule has 1 aromatic heterocycles. The number of nitrogens with one attached hydrogen (secondary N) is 1. The average Bonchev–Trinajstić information content (AvgIpc) is 2.48. The second kappa shape index (κ2) is 6.83. The first-order valence-corrected chi connectivity index (χ1v) is 7.08. The first-order valence-electron chi connectivity index (χ1n) is 7.08. The summed E-state index contributed by atoms with van der Waals surface area (Å²) < 4.78 is 0. The molecular weight excluding hydrogens is 264 g/mol. The van der Waals surface area contributed by atoms with Crippen molar-refractivity contribution in [1.82, 2.24) is 9.97 Å². The summed E-state index contributed by atoms with van der Waals surface area (Å²) in [5, 5.41) is 3.10. The molecule has 0 radical (unpaired) electrons. The van der Waals surface area contributed by atoms with Gasteiger partial charge in [-0.1, -0.05) is 18.2 Å². The van der Waals surface area contributed by atoms with Gasteiger partial charge in [-0.05, 0) is 39.0 Å². The molecule has 5 nitrogen and oxygen atoms in total. The molecular formula is C16H20N4O. The maximum Gasteiger partial charge on any atom is 0.277 e. The van der Waals surface area contributed by atoms with Crippen molar-refractivity contribution in [2.75, 3.05) is 16.8 Å². The first kappa shape index (κ1) is 15.0. The van der Waals surface area contributed by atoms with E-state index >= 15 is 0 Å². The number of anilines is 2. The molecule has 0 bridgehead atoms. The fourth-order valence-electron chi connectivity index (χ4n) is 2.00. The van der Waals surface area contributed by atoms with E-state index in [-0.39, 0.29) is 11.9 Å². The van der Waals surface area contributed by atoms with Crippen LogP contribution in [0.2, 0.25) is 0 Å². The summed E-state index contributed by atoms with van der Waals surface area (Å²) in [4.78, 5) is 22.7. The summed E-state index contributed by atoms with van der Waals surface area (Å²) in [7, 11) is 0. The minimum absolute atomic E-state index is 0.127. The highest BCUT2D eigenvalue weighted by Crippen LogP contribution is 2.16. The van der Waals surface area contributed by atoms with Crippen molar-refractivity contribution in [1.29, 1.82) is 0 Å². The lowest BCUT2D eigenvalue weighted by Gasteiger charge is -2.20. The second-order valence-corrected chi connectivity index (χ2v) is 4.95. The van der Waals surface area contributed by atoms with Gasteiger partial charge < -0.3 is 10.2 Å². The molecule has 0 unspecified atom stereocenters. The number of carbonyl (C=O) groups excluding carboxylic acids is 1. The van der Waals surface area contributed by atoms with E-state index in [1.165, 1.54) is 0 Å². The molecule has 0 saturated carbocycles. The number of amides is 1. The van der Waals surface area contributed by atoms with Crippen LogP contribution in [-0.2, 0) is 0 Å². The van der Waals surface area contributed by atoms with Crippen LogP contribution in [0, 0.1) is 0 Å². The van der Waals surface area contributed by atoms with Gasteiger partial charge in [0.2, 0.25) is 5.95 Å². The summed E-state index contributed by atoms with van der Waals surface area (Å²) >= 11 is 0. The lowest BCUT2D eigenvalue weighted by atomic mass is 10.2. The number of nitrogens with zero attached hydrogens (tertiary/aromatic N) is 3. The Labute approximate surface area is 125 Å². The zero-order valence-corrected chi connectivity index (χ0v) is 12.6. The molecule has 1 N–H and O–H groups in total. The molecule has 21 heavy (non-hydrogen) atoms. The van der Waals surface area contributed by atoms with Crippen molar-refractivity contribution in [2.45, 2.75) is 26.8 Å². The summed E-state index contributed by atoms with van der Waals surface area (Å²) in [6, 6.07) is 11.4. The standard InChI is InChI=1S/C16H20N4O/c1-4-20(13-8-6-5-7-9-13)15(21)14-10-11-17-16(19-14)18-12(2)3/h5-12H,4H2,1-3H3,(H,17,18,19). The smallest absolute Gasteiger partial charge is 0.277 e. The highest BCUT2D eigenvalue weighted by molar-refractivity contribution is 6.04. The molecule has 2 aromatic rings. The Hall–Kier alpha value is -2.43. The number of hydrogen-bond donors (Lipinski definition) is 1. The highest BCUT2D eigenvalue weighted by atomic mass is 16.2. The lowest BCUT2D eigenvalue weighted by molar-refractivity contribution is 0.0983. The number of para-hydroxylation sites is 1. The maximum atomic E-state index is 12.6. The Balaban J connectivity index is 2.26. The summed E-state index contributed by atoms with van der Waals surface area (Å²) in [5.41, 5.74) is 1.25. The SMILES string of the molecule is CCN(C(=O)c1ccnc(NC(C)C)n1)c1ccccc1. The van der Waals surface area contributed by atoms with Gasteiger partial charge in [-0.2, -0.15) is 0 Å². The fourth-order valence-corrected chi connectivity index (χ4v) is 2.00. The van der Waals surface area contributed by atoms with Gasteiger partial charge in [-0.3, -0.25) is 4.79 Å². The van der Waals surface area contributed by atoms with E-state index in [0.29, 0.717) is 18.2 Å². The van der Waals surface area contributed by atoms with Crippen LogP contribution < -0.4 is 10.2 Å². The van der Waals surface area contributed by atoms with Crippen LogP contribution in [-0.4, -0.2) is 28.5 Å². The third-order valence-corrected chi connectivity index (χ3v) is 2.92. The van der Waals surface area contributed by atoms with Gasteiger partial charge in [-0.25, -0.2) is 9.97 Å². The van der Waals surface area contributed by atoms with Crippen LogP contribution in [0.15, 0.2) is 42.6 Å². The van der Waals surface area contributed by atoms with Crippen LogP contribution >= 0.6 is 0 Å². The number of carbonyl (C=O) groups is 1. The van der Waals surface area contributed by atoms with E-state index in [2.05, 4.69) is 15.3 Å². The molecule has 0 aliphatic heterocycles. The Kier molecular flexibility index (Phi) is 4.87. The highest BCUT2D eigenvalue weighted by Gasteiger charge is 2.17. The second-order valence-electron chi connectivity index (χ2n) is 4.95. The maximum absolute atomic E-state index is 12.6. The minimum Gasteiger partial charge on any atom is -0.352 e. The molecule has 0 spiro atoms. The summed E-state index contributed by atoms with van der Waals surface area (Å²) in [5.74, 6) is 0.345. The fraction of sp³-hybridized carbons (Fsp3) is 0.312. The first-order chi connectivity index (χ1) is 10.1. The molecule has 110 valence electrons. The van der Waals surface area contributed by atoms with Crippen molar-refractivity contribution in [2.24, 2.45) is 0 Å². The molecule has 0 atom stereocenters. The van der Waals surface area contributed by atoms with Crippen molar-refractivity contribution in [3.63, 3.8) is 0 Å². The quantitative estimate of drug-likeness (QED) is 0.917. The van der Waals surface area contributed by atoms with E-state index in [1.807, 2.05) is 51.1 Å². The average molecular weight is 284 g/mol. The van der Waals surface area contributed by atoms with Gasteiger partial charge >= 0.3 is 0 Å². The monoisotopic (exact) mass is 284 g/mol. The molecule has 1 aromatic carbocycles. The molecule has 1 amide bonds. The number of benzene rings is 1. The Morgan fingerprint density at radius 1 is 1.24 bits per heavy atom. The molecule has 2 rings (SSSR count). The number of rotatable bonds is 5. The molecule has 0 aliphatic rings.